The fourth-order valence-corrected chi connectivity index (χ4v) is 5.21. The number of rotatable bonds is 1. The summed E-state index contributed by atoms with van der Waals surface area (Å²) in [7, 11) is 2.33. The Labute approximate surface area is 128 Å². The second-order valence-electron chi connectivity index (χ2n) is 7.19. The number of benzene rings is 1. The van der Waals surface area contributed by atoms with Crippen LogP contribution in [0.5, 0.6) is 5.75 Å². The molecule has 0 amide bonds. The van der Waals surface area contributed by atoms with Crippen LogP contribution in [0.3, 0.4) is 0 Å². The van der Waals surface area contributed by atoms with Gasteiger partial charge in [-0.25, -0.2) is 0 Å². The van der Waals surface area contributed by atoms with Gasteiger partial charge in [-0.05, 0) is 66.7 Å². The topological polar surface area (TPSA) is 29.5 Å². The molecule has 0 radical (unpaired) electrons. The highest BCUT2D eigenvalue weighted by Gasteiger charge is 2.52. The number of aliphatic hydroxyl groups is 1. The molecule has 0 spiro atoms. The molecule has 6 atom stereocenters. The SMILES string of the molecule is CC12CCC3c4ccc(OP)cc4CCC3C1C=CC2O. The van der Waals surface area contributed by atoms with Gasteiger partial charge < -0.3 is 9.63 Å². The van der Waals surface area contributed by atoms with E-state index in [0.29, 0.717) is 17.8 Å². The maximum atomic E-state index is 10.3. The fourth-order valence-electron chi connectivity index (χ4n) is 5.06. The van der Waals surface area contributed by atoms with Crippen molar-refractivity contribution in [2.45, 2.75) is 44.6 Å². The first kappa shape index (κ1) is 13.8. The monoisotopic (exact) mass is 302 g/mol. The molecule has 3 aliphatic rings. The van der Waals surface area contributed by atoms with Gasteiger partial charge in [0.15, 0.2) is 0 Å². The van der Waals surface area contributed by atoms with Gasteiger partial charge in [0.25, 0.3) is 0 Å². The highest BCUT2D eigenvalue weighted by atomic mass is 31.0. The van der Waals surface area contributed by atoms with Crippen LogP contribution in [0.25, 0.3) is 0 Å². The molecular formula is C18H23O2P. The second-order valence-corrected chi connectivity index (χ2v) is 7.42. The van der Waals surface area contributed by atoms with Gasteiger partial charge in [0, 0.05) is 5.41 Å². The minimum Gasteiger partial charge on any atom is -0.480 e. The summed E-state index contributed by atoms with van der Waals surface area (Å²) in [6.45, 7) is 2.28. The average Bonchev–Trinajstić information content (AvgIpc) is 2.82. The quantitative estimate of drug-likeness (QED) is 0.631. The fraction of sp³-hybridized carbons (Fsp3) is 0.556. The third-order valence-corrected chi connectivity index (χ3v) is 6.58. The van der Waals surface area contributed by atoms with E-state index in [2.05, 4.69) is 40.7 Å². The lowest BCUT2D eigenvalue weighted by atomic mass is 9.55. The van der Waals surface area contributed by atoms with E-state index < -0.39 is 0 Å². The molecule has 6 unspecified atom stereocenters. The highest BCUT2D eigenvalue weighted by molar-refractivity contribution is 7.10. The van der Waals surface area contributed by atoms with Crippen LogP contribution in [-0.2, 0) is 6.42 Å². The van der Waals surface area contributed by atoms with E-state index in [1.165, 1.54) is 24.0 Å². The average molecular weight is 302 g/mol. The lowest BCUT2D eigenvalue weighted by Crippen LogP contribution is -2.44. The minimum atomic E-state index is -0.252. The predicted molar refractivity (Wildman–Crippen MR) is 87.3 cm³/mol. The van der Waals surface area contributed by atoms with Crippen LogP contribution in [0.2, 0.25) is 0 Å². The molecule has 4 rings (SSSR count). The van der Waals surface area contributed by atoms with Gasteiger partial charge in [-0.15, -0.1) is 0 Å². The Hall–Kier alpha value is -0.850. The second kappa shape index (κ2) is 4.83. The summed E-state index contributed by atoms with van der Waals surface area (Å²) in [5.74, 6) is 2.82. The minimum absolute atomic E-state index is 0.0712. The Bertz CT molecular complexity index is 597. The van der Waals surface area contributed by atoms with E-state index in [1.54, 1.807) is 0 Å². The van der Waals surface area contributed by atoms with Gasteiger partial charge >= 0.3 is 0 Å². The molecule has 1 aromatic carbocycles. The first-order chi connectivity index (χ1) is 10.1. The normalized spacial score (nSPS) is 40.3. The zero-order valence-electron chi connectivity index (χ0n) is 12.5. The molecule has 0 aliphatic heterocycles. The van der Waals surface area contributed by atoms with E-state index in [4.69, 9.17) is 4.52 Å². The van der Waals surface area contributed by atoms with E-state index in [-0.39, 0.29) is 11.5 Å². The van der Waals surface area contributed by atoms with Crippen molar-refractivity contribution in [1.82, 2.24) is 0 Å². The van der Waals surface area contributed by atoms with Gasteiger partial charge in [0.2, 0.25) is 0 Å². The van der Waals surface area contributed by atoms with E-state index >= 15 is 0 Å². The molecule has 112 valence electrons. The standard InChI is InChI=1S/C18H23O2P/c1-18-9-8-14-13-5-3-12(20-21)10-11(13)2-4-15(14)16(18)6-7-17(18)19/h3,5-7,10,14-17,19H,2,4,8-9,21H2,1H3. The van der Waals surface area contributed by atoms with Crippen molar-refractivity contribution in [1.29, 1.82) is 0 Å². The third-order valence-electron chi connectivity index (χ3n) is 6.31. The summed E-state index contributed by atoms with van der Waals surface area (Å²) >= 11 is 0. The summed E-state index contributed by atoms with van der Waals surface area (Å²) in [6, 6.07) is 6.55. The zero-order valence-corrected chi connectivity index (χ0v) is 13.6. The van der Waals surface area contributed by atoms with E-state index in [1.807, 2.05) is 6.08 Å². The van der Waals surface area contributed by atoms with Crippen molar-refractivity contribution in [3.8, 4) is 5.75 Å². The van der Waals surface area contributed by atoms with Crippen LogP contribution in [-0.4, -0.2) is 11.2 Å². The molecule has 3 aliphatic carbocycles. The third kappa shape index (κ3) is 1.92. The largest absolute Gasteiger partial charge is 0.480 e. The van der Waals surface area contributed by atoms with Crippen molar-refractivity contribution < 1.29 is 9.63 Å². The van der Waals surface area contributed by atoms with Crippen LogP contribution in [0.1, 0.15) is 43.2 Å². The van der Waals surface area contributed by atoms with Crippen LogP contribution >= 0.6 is 9.47 Å². The Balaban J connectivity index is 1.70. The molecule has 0 heterocycles. The molecule has 0 saturated heterocycles. The van der Waals surface area contributed by atoms with Crippen molar-refractivity contribution >= 4 is 9.47 Å². The van der Waals surface area contributed by atoms with E-state index in [9.17, 15) is 5.11 Å². The summed E-state index contributed by atoms with van der Waals surface area (Å²) < 4.78 is 5.29. The number of fused-ring (bicyclic) bond motifs is 5. The number of hydrogen-bond acceptors (Lipinski definition) is 2. The number of aliphatic hydroxyl groups excluding tert-OH is 1. The lowest BCUT2D eigenvalue weighted by molar-refractivity contribution is -0.0101. The molecule has 3 heteroatoms. The number of allylic oxidation sites excluding steroid dienone is 1. The Morgan fingerprint density at radius 1 is 1.29 bits per heavy atom. The van der Waals surface area contributed by atoms with Crippen LogP contribution in [0.15, 0.2) is 30.4 Å². The molecule has 1 aromatic rings. The van der Waals surface area contributed by atoms with Gasteiger partial charge in [0.1, 0.15) is 5.75 Å². The molecule has 1 N–H and O–H groups in total. The summed E-state index contributed by atoms with van der Waals surface area (Å²) in [4.78, 5) is 0. The Morgan fingerprint density at radius 3 is 2.95 bits per heavy atom. The van der Waals surface area contributed by atoms with Gasteiger partial charge in [0.05, 0.1) is 15.6 Å². The maximum absolute atomic E-state index is 10.3. The van der Waals surface area contributed by atoms with Gasteiger partial charge in [-0.2, -0.15) is 0 Å². The van der Waals surface area contributed by atoms with Crippen molar-refractivity contribution in [3.63, 3.8) is 0 Å². The maximum Gasteiger partial charge on any atom is 0.122 e. The molecule has 1 saturated carbocycles. The first-order valence-corrected chi connectivity index (χ1v) is 8.46. The van der Waals surface area contributed by atoms with Crippen molar-refractivity contribution in [2.24, 2.45) is 17.3 Å². The summed E-state index contributed by atoms with van der Waals surface area (Å²) in [5, 5.41) is 10.3. The van der Waals surface area contributed by atoms with Crippen molar-refractivity contribution in [2.75, 3.05) is 0 Å². The molecule has 0 aromatic heterocycles. The van der Waals surface area contributed by atoms with E-state index in [0.717, 1.165) is 18.6 Å². The van der Waals surface area contributed by atoms with Gasteiger partial charge in [-0.1, -0.05) is 25.1 Å². The zero-order chi connectivity index (χ0) is 14.6. The van der Waals surface area contributed by atoms with Crippen LogP contribution in [0, 0.1) is 17.3 Å². The molecular weight excluding hydrogens is 279 g/mol. The smallest absolute Gasteiger partial charge is 0.122 e. The number of aryl methyl sites for hydroxylation is 1. The Morgan fingerprint density at radius 2 is 2.14 bits per heavy atom. The highest BCUT2D eigenvalue weighted by Crippen LogP contribution is 2.58. The van der Waals surface area contributed by atoms with Crippen LogP contribution < -0.4 is 4.52 Å². The number of hydrogen-bond donors (Lipinski definition) is 1. The molecule has 21 heavy (non-hydrogen) atoms. The Kier molecular flexibility index (Phi) is 3.17. The molecule has 1 fully saturated rings. The lowest BCUT2D eigenvalue weighted by Gasteiger charge is -2.50. The van der Waals surface area contributed by atoms with Gasteiger partial charge in [-0.3, -0.25) is 0 Å². The predicted octanol–water partition coefficient (Wildman–Crippen LogP) is 3.85. The molecule has 0 bridgehead atoms. The first-order valence-electron chi connectivity index (χ1n) is 7.99. The summed E-state index contributed by atoms with van der Waals surface area (Å²) in [6.07, 6.45) is 8.77. The van der Waals surface area contributed by atoms with Crippen LogP contribution in [0.4, 0.5) is 0 Å². The summed E-state index contributed by atoms with van der Waals surface area (Å²) in [5.41, 5.74) is 3.05. The molecule has 2 nitrogen and oxygen atoms in total. The van der Waals surface area contributed by atoms with Crippen molar-refractivity contribution in [3.05, 3.63) is 41.5 Å².